The fraction of sp³-hybridized carbons (Fsp3) is 0.350. The van der Waals surface area contributed by atoms with Crippen LogP contribution in [0.1, 0.15) is 22.7 Å². The molecule has 2 aromatic carbocycles. The van der Waals surface area contributed by atoms with E-state index < -0.39 is 21.0 Å². The lowest BCUT2D eigenvalue weighted by molar-refractivity contribution is -0.385. The summed E-state index contributed by atoms with van der Waals surface area (Å²) in [5.74, 6) is 0. The van der Waals surface area contributed by atoms with Crippen LogP contribution < -0.4 is 0 Å². The third-order valence-electron chi connectivity index (χ3n) is 5.31. The van der Waals surface area contributed by atoms with Crippen LogP contribution in [0.4, 0.5) is 5.69 Å². The normalized spacial score (nSPS) is 16.9. The molecule has 9 heteroatoms. The van der Waals surface area contributed by atoms with Gasteiger partial charge in [-0.15, -0.1) is 0 Å². The predicted molar refractivity (Wildman–Crippen MR) is 108 cm³/mol. The SMILES string of the molecule is Cc1cc([N+](=O)[O-])cc(S(=O)(=O)N2CCN(C(C#N)c3ccccc3)CC2)c1C. The highest BCUT2D eigenvalue weighted by atomic mass is 32.2. The fourth-order valence-corrected chi connectivity index (χ4v) is 5.27. The van der Waals surface area contributed by atoms with Crippen molar-refractivity contribution in [3.05, 3.63) is 69.3 Å². The zero-order chi connectivity index (χ0) is 21.2. The molecule has 0 radical (unpaired) electrons. The van der Waals surface area contributed by atoms with E-state index in [4.69, 9.17) is 0 Å². The molecule has 0 bridgehead atoms. The summed E-state index contributed by atoms with van der Waals surface area (Å²) in [6.07, 6.45) is 0. The van der Waals surface area contributed by atoms with Gasteiger partial charge in [0.15, 0.2) is 0 Å². The van der Waals surface area contributed by atoms with Crippen LogP contribution >= 0.6 is 0 Å². The number of sulfonamides is 1. The Balaban J connectivity index is 1.82. The molecule has 1 aliphatic rings. The molecule has 152 valence electrons. The zero-order valence-electron chi connectivity index (χ0n) is 16.3. The van der Waals surface area contributed by atoms with Gasteiger partial charge in [-0.2, -0.15) is 9.57 Å². The third kappa shape index (κ3) is 4.15. The van der Waals surface area contributed by atoms with Gasteiger partial charge in [0.05, 0.1) is 15.9 Å². The Morgan fingerprint density at radius 1 is 1.10 bits per heavy atom. The first-order chi connectivity index (χ1) is 13.8. The van der Waals surface area contributed by atoms with Crippen LogP contribution in [0.25, 0.3) is 0 Å². The molecule has 1 unspecified atom stereocenters. The van der Waals surface area contributed by atoms with Crippen LogP contribution in [0.5, 0.6) is 0 Å². The van der Waals surface area contributed by atoms with Crippen molar-refractivity contribution in [1.82, 2.24) is 9.21 Å². The van der Waals surface area contributed by atoms with Crippen molar-refractivity contribution in [3.63, 3.8) is 0 Å². The molecular weight excluding hydrogens is 392 g/mol. The fourth-order valence-electron chi connectivity index (χ4n) is 3.53. The second kappa shape index (κ2) is 8.29. The molecule has 0 aromatic heterocycles. The molecule has 1 saturated heterocycles. The number of hydrogen-bond acceptors (Lipinski definition) is 6. The lowest BCUT2D eigenvalue weighted by atomic mass is 10.1. The Bertz CT molecular complexity index is 1060. The quantitative estimate of drug-likeness (QED) is 0.550. The molecule has 29 heavy (non-hydrogen) atoms. The van der Waals surface area contributed by atoms with Crippen molar-refractivity contribution >= 4 is 15.7 Å². The van der Waals surface area contributed by atoms with Crippen molar-refractivity contribution in [2.24, 2.45) is 0 Å². The molecule has 1 aliphatic heterocycles. The number of nitro groups is 1. The molecule has 1 atom stereocenters. The van der Waals surface area contributed by atoms with Crippen molar-refractivity contribution in [2.75, 3.05) is 26.2 Å². The van der Waals surface area contributed by atoms with E-state index in [1.807, 2.05) is 35.2 Å². The van der Waals surface area contributed by atoms with Gasteiger partial charge >= 0.3 is 0 Å². The van der Waals surface area contributed by atoms with Crippen LogP contribution in [0.15, 0.2) is 47.4 Å². The summed E-state index contributed by atoms with van der Waals surface area (Å²) in [5, 5.41) is 20.8. The van der Waals surface area contributed by atoms with E-state index in [-0.39, 0.29) is 23.7 Å². The number of benzene rings is 2. The van der Waals surface area contributed by atoms with Gasteiger partial charge in [-0.1, -0.05) is 30.3 Å². The van der Waals surface area contributed by atoms with Gasteiger partial charge in [0.1, 0.15) is 6.04 Å². The van der Waals surface area contributed by atoms with Gasteiger partial charge < -0.3 is 0 Å². The Morgan fingerprint density at radius 3 is 2.28 bits per heavy atom. The van der Waals surface area contributed by atoms with Gasteiger partial charge in [0.2, 0.25) is 10.0 Å². The lowest BCUT2D eigenvalue weighted by Gasteiger charge is -2.36. The number of nitriles is 1. The standard InChI is InChI=1S/C20H22N4O4S/c1-15-12-18(24(25)26)13-20(16(15)2)29(27,28)23-10-8-22(9-11-23)19(14-21)17-6-4-3-5-7-17/h3-7,12-13,19H,8-11H2,1-2H3. The second-order valence-corrected chi connectivity index (χ2v) is 8.93. The second-order valence-electron chi connectivity index (χ2n) is 7.03. The van der Waals surface area contributed by atoms with Gasteiger partial charge in [0, 0.05) is 38.3 Å². The summed E-state index contributed by atoms with van der Waals surface area (Å²) in [4.78, 5) is 12.5. The highest BCUT2D eigenvalue weighted by molar-refractivity contribution is 7.89. The average molecular weight is 414 g/mol. The summed E-state index contributed by atoms with van der Waals surface area (Å²) in [5.41, 5.74) is 1.71. The van der Waals surface area contributed by atoms with Crippen LogP contribution in [-0.2, 0) is 10.0 Å². The molecule has 0 aliphatic carbocycles. The molecule has 0 saturated carbocycles. The van der Waals surface area contributed by atoms with E-state index in [1.54, 1.807) is 13.8 Å². The Morgan fingerprint density at radius 2 is 1.72 bits per heavy atom. The topological polar surface area (TPSA) is 108 Å². The van der Waals surface area contributed by atoms with Crippen molar-refractivity contribution < 1.29 is 13.3 Å². The van der Waals surface area contributed by atoms with Gasteiger partial charge in [-0.25, -0.2) is 8.42 Å². The molecular formula is C20H22N4O4S. The van der Waals surface area contributed by atoms with Crippen LogP contribution in [0.2, 0.25) is 0 Å². The van der Waals surface area contributed by atoms with Crippen LogP contribution in [0, 0.1) is 35.3 Å². The predicted octanol–water partition coefficient (Wildman–Crippen LogP) is 2.78. The number of nitrogens with zero attached hydrogens (tertiary/aromatic N) is 4. The summed E-state index contributed by atoms with van der Waals surface area (Å²) < 4.78 is 27.7. The average Bonchev–Trinajstić information content (AvgIpc) is 2.71. The van der Waals surface area contributed by atoms with Crippen LogP contribution in [-0.4, -0.2) is 48.7 Å². The first kappa shape index (κ1) is 20.9. The highest BCUT2D eigenvalue weighted by Gasteiger charge is 2.33. The zero-order valence-corrected chi connectivity index (χ0v) is 17.1. The van der Waals surface area contributed by atoms with E-state index in [2.05, 4.69) is 6.07 Å². The van der Waals surface area contributed by atoms with Gasteiger partial charge in [0.25, 0.3) is 5.69 Å². The molecule has 0 N–H and O–H groups in total. The van der Waals surface area contributed by atoms with Crippen LogP contribution in [0.3, 0.4) is 0 Å². The summed E-state index contributed by atoms with van der Waals surface area (Å²) >= 11 is 0. The van der Waals surface area contributed by atoms with E-state index in [0.29, 0.717) is 24.2 Å². The number of piperazine rings is 1. The van der Waals surface area contributed by atoms with E-state index in [9.17, 15) is 23.8 Å². The molecule has 2 aromatic rings. The van der Waals surface area contributed by atoms with E-state index in [1.165, 1.54) is 10.4 Å². The van der Waals surface area contributed by atoms with E-state index in [0.717, 1.165) is 11.6 Å². The largest absolute Gasteiger partial charge is 0.282 e. The Kier molecular flexibility index (Phi) is 5.98. The minimum Gasteiger partial charge on any atom is -0.282 e. The summed E-state index contributed by atoms with van der Waals surface area (Å²) in [7, 11) is -3.87. The summed E-state index contributed by atoms with van der Waals surface area (Å²) in [6.45, 7) is 4.56. The van der Waals surface area contributed by atoms with Crippen molar-refractivity contribution in [1.29, 1.82) is 5.26 Å². The number of nitro benzene ring substituents is 1. The molecule has 0 spiro atoms. The third-order valence-corrected chi connectivity index (χ3v) is 7.33. The maximum absolute atomic E-state index is 13.2. The number of aryl methyl sites for hydroxylation is 1. The number of non-ortho nitro benzene ring substituents is 1. The molecule has 3 rings (SSSR count). The van der Waals surface area contributed by atoms with Gasteiger partial charge in [-0.05, 0) is 30.5 Å². The maximum Gasteiger partial charge on any atom is 0.271 e. The smallest absolute Gasteiger partial charge is 0.271 e. The first-order valence-electron chi connectivity index (χ1n) is 9.20. The monoisotopic (exact) mass is 414 g/mol. The lowest BCUT2D eigenvalue weighted by Crippen LogP contribution is -2.49. The van der Waals surface area contributed by atoms with E-state index >= 15 is 0 Å². The maximum atomic E-state index is 13.2. The highest BCUT2D eigenvalue weighted by Crippen LogP contribution is 2.29. The minimum atomic E-state index is -3.87. The Hall–Kier alpha value is -2.80. The number of rotatable bonds is 5. The Labute approximate surface area is 170 Å². The summed E-state index contributed by atoms with van der Waals surface area (Å²) in [6, 6.07) is 13.7. The molecule has 1 fully saturated rings. The van der Waals surface area contributed by atoms with Crippen molar-refractivity contribution in [2.45, 2.75) is 24.8 Å². The number of hydrogen-bond donors (Lipinski definition) is 0. The van der Waals surface area contributed by atoms with Gasteiger partial charge in [-0.3, -0.25) is 15.0 Å². The molecule has 8 nitrogen and oxygen atoms in total. The molecule has 1 heterocycles. The first-order valence-corrected chi connectivity index (χ1v) is 10.6. The molecule has 0 amide bonds. The van der Waals surface area contributed by atoms with Crippen molar-refractivity contribution in [3.8, 4) is 6.07 Å². The minimum absolute atomic E-state index is 0.0301.